The molecule has 4 aliphatic carbocycles. The Bertz CT molecular complexity index is 649. The van der Waals surface area contributed by atoms with Crippen LogP contribution in [0.1, 0.15) is 58.8 Å². The van der Waals surface area contributed by atoms with Gasteiger partial charge in [0, 0.05) is 17.3 Å². The van der Waals surface area contributed by atoms with Crippen molar-refractivity contribution < 1.29 is 14.8 Å². The van der Waals surface area contributed by atoms with E-state index in [-0.39, 0.29) is 23.0 Å². The zero-order valence-corrected chi connectivity index (χ0v) is 14.0. The third-order valence-corrected chi connectivity index (χ3v) is 7.70. The highest BCUT2D eigenvalue weighted by Gasteiger charge is 2.60. The molecule has 0 radical (unpaired) electrons. The first-order valence-corrected chi connectivity index (χ1v) is 8.90. The van der Waals surface area contributed by atoms with Crippen LogP contribution in [0.3, 0.4) is 0 Å². The molecule has 0 aromatic rings. The number of carbonyl (C=O) groups is 2. The molecule has 5 atom stereocenters. The first-order valence-electron chi connectivity index (χ1n) is 8.90. The minimum atomic E-state index is -0.293. The summed E-state index contributed by atoms with van der Waals surface area (Å²) < 4.78 is 0. The summed E-state index contributed by atoms with van der Waals surface area (Å²) in [5.74, 6) is 1.87. The average Bonchev–Trinajstić information content (AvgIpc) is 2.83. The predicted octanol–water partition coefficient (Wildman–Crippen LogP) is 3.53. The SMILES string of the molecule is C[C@]12CC[C@H]3[C@@H](CCC4=CC(=O)C/C(=N\O)[C@@]43C)[C@@H]1CCC2=O. The molecule has 0 amide bonds. The van der Waals surface area contributed by atoms with Gasteiger partial charge in [-0.15, -0.1) is 0 Å². The van der Waals surface area contributed by atoms with Crippen LogP contribution < -0.4 is 0 Å². The van der Waals surface area contributed by atoms with E-state index in [0.29, 0.717) is 29.2 Å². The molecule has 0 aromatic heterocycles. The molecule has 1 N–H and O–H groups in total. The molecule has 4 nitrogen and oxygen atoms in total. The molecule has 0 spiro atoms. The maximum Gasteiger partial charge on any atom is 0.161 e. The van der Waals surface area contributed by atoms with Crippen LogP contribution in [0.25, 0.3) is 0 Å². The summed E-state index contributed by atoms with van der Waals surface area (Å²) in [5, 5.41) is 13.1. The smallest absolute Gasteiger partial charge is 0.161 e. The highest BCUT2D eigenvalue weighted by molar-refractivity contribution is 6.13. The number of Topliss-reactive ketones (excluding diaryl/α,β-unsaturated/α-hetero) is 1. The van der Waals surface area contributed by atoms with Crippen molar-refractivity contribution in [1.29, 1.82) is 0 Å². The third kappa shape index (κ3) is 1.81. The number of allylic oxidation sites excluding steroid dienone is 1. The van der Waals surface area contributed by atoms with Crippen LogP contribution in [0.4, 0.5) is 0 Å². The standard InChI is InChI=1S/C19H25NO3/c1-18-8-7-15-13(14(18)5-6-17(18)22)4-3-11-9-12(21)10-16(20-23)19(11,15)2/h9,13-15,23H,3-8,10H2,1-2H3/b20-16+/t13-,14-,15-,18-,19-/m0/s1. The maximum atomic E-state index is 12.4. The van der Waals surface area contributed by atoms with Gasteiger partial charge in [0.1, 0.15) is 5.78 Å². The fraction of sp³-hybridized carbons (Fsp3) is 0.737. The van der Waals surface area contributed by atoms with E-state index in [4.69, 9.17) is 0 Å². The number of oxime groups is 1. The van der Waals surface area contributed by atoms with Crippen LogP contribution in [0, 0.1) is 28.6 Å². The molecular weight excluding hydrogens is 290 g/mol. The predicted molar refractivity (Wildman–Crippen MR) is 86.3 cm³/mol. The summed E-state index contributed by atoms with van der Waals surface area (Å²) in [6, 6.07) is 0. The zero-order valence-electron chi connectivity index (χ0n) is 14.0. The Morgan fingerprint density at radius 1 is 1.13 bits per heavy atom. The minimum Gasteiger partial charge on any atom is -0.411 e. The van der Waals surface area contributed by atoms with Crippen LogP contribution in [-0.4, -0.2) is 22.5 Å². The lowest BCUT2D eigenvalue weighted by Gasteiger charge is -2.56. The van der Waals surface area contributed by atoms with Crippen LogP contribution in [0.15, 0.2) is 16.8 Å². The van der Waals surface area contributed by atoms with Gasteiger partial charge in [0.05, 0.1) is 12.1 Å². The van der Waals surface area contributed by atoms with E-state index < -0.39 is 0 Å². The number of carbonyl (C=O) groups excluding carboxylic acids is 2. The molecule has 4 aliphatic rings. The second-order valence-corrected chi connectivity index (χ2v) is 8.40. The Hall–Kier alpha value is -1.45. The summed E-state index contributed by atoms with van der Waals surface area (Å²) in [7, 11) is 0. The van der Waals surface area contributed by atoms with Gasteiger partial charge in [0.25, 0.3) is 0 Å². The van der Waals surface area contributed by atoms with Gasteiger partial charge in [-0.1, -0.05) is 24.6 Å². The number of hydrogen-bond donors (Lipinski definition) is 1. The van der Waals surface area contributed by atoms with E-state index in [1.54, 1.807) is 6.08 Å². The lowest BCUT2D eigenvalue weighted by atomic mass is 9.47. The second kappa shape index (κ2) is 4.78. The Balaban J connectivity index is 1.77. The zero-order chi connectivity index (χ0) is 16.4. The monoisotopic (exact) mass is 315 g/mol. The maximum absolute atomic E-state index is 12.4. The molecule has 0 unspecified atom stereocenters. The van der Waals surface area contributed by atoms with Gasteiger partial charge < -0.3 is 5.21 Å². The highest BCUT2D eigenvalue weighted by Crippen LogP contribution is 2.63. The molecule has 23 heavy (non-hydrogen) atoms. The number of hydrogen-bond acceptors (Lipinski definition) is 4. The number of ketones is 2. The fourth-order valence-electron chi connectivity index (χ4n) is 6.35. The van der Waals surface area contributed by atoms with E-state index in [9.17, 15) is 14.8 Å². The molecular formula is C19H25NO3. The summed E-state index contributed by atoms with van der Waals surface area (Å²) in [6.07, 6.45) is 7.66. The lowest BCUT2D eigenvalue weighted by molar-refractivity contribution is -0.131. The normalized spacial score (nSPS) is 47.8. The van der Waals surface area contributed by atoms with E-state index in [1.165, 1.54) is 0 Å². The quantitative estimate of drug-likeness (QED) is 0.549. The van der Waals surface area contributed by atoms with Crippen molar-refractivity contribution in [3.05, 3.63) is 11.6 Å². The molecule has 0 bridgehead atoms. The molecule has 4 heteroatoms. The number of nitrogens with zero attached hydrogens (tertiary/aromatic N) is 1. The molecule has 0 heterocycles. The molecule has 0 aromatic carbocycles. The van der Waals surface area contributed by atoms with Crippen molar-refractivity contribution in [1.82, 2.24) is 0 Å². The van der Waals surface area contributed by atoms with Gasteiger partial charge in [-0.25, -0.2) is 0 Å². The molecule has 0 saturated heterocycles. The summed E-state index contributed by atoms with van der Waals surface area (Å²) >= 11 is 0. The van der Waals surface area contributed by atoms with Crippen LogP contribution in [0.5, 0.6) is 0 Å². The van der Waals surface area contributed by atoms with Crippen molar-refractivity contribution in [3.8, 4) is 0 Å². The Morgan fingerprint density at radius 3 is 2.65 bits per heavy atom. The highest BCUT2D eigenvalue weighted by atomic mass is 16.4. The Kier molecular flexibility index (Phi) is 3.14. The van der Waals surface area contributed by atoms with Gasteiger partial charge in [0.15, 0.2) is 5.78 Å². The van der Waals surface area contributed by atoms with Crippen molar-refractivity contribution in [2.24, 2.45) is 33.7 Å². The summed E-state index contributed by atoms with van der Waals surface area (Å²) in [4.78, 5) is 24.4. The van der Waals surface area contributed by atoms with Crippen molar-refractivity contribution in [3.63, 3.8) is 0 Å². The van der Waals surface area contributed by atoms with Crippen LogP contribution in [-0.2, 0) is 9.59 Å². The molecule has 124 valence electrons. The van der Waals surface area contributed by atoms with E-state index >= 15 is 0 Å². The third-order valence-electron chi connectivity index (χ3n) is 7.70. The van der Waals surface area contributed by atoms with Crippen LogP contribution in [0.2, 0.25) is 0 Å². The molecule has 0 aliphatic heterocycles. The summed E-state index contributed by atoms with van der Waals surface area (Å²) in [6.45, 7) is 4.33. The van der Waals surface area contributed by atoms with Crippen LogP contribution >= 0.6 is 0 Å². The Morgan fingerprint density at radius 2 is 1.91 bits per heavy atom. The molecule has 4 rings (SSSR count). The van der Waals surface area contributed by atoms with Gasteiger partial charge in [0.2, 0.25) is 0 Å². The molecule has 3 fully saturated rings. The van der Waals surface area contributed by atoms with Gasteiger partial charge >= 0.3 is 0 Å². The average molecular weight is 315 g/mol. The number of rotatable bonds is 0. The van der Waals surface area contributed by atoms with Gasteiger partial charge in [-0.05, 0) is 55.9 Å². The first-order chi connectivity index (χ1) is 10.9. The van der Waals surface area contributed by atoms with Crippen molar-refractivity contribution >= 4 is 17.3 Å². The lowest BCUT2D eigenvalue weighted by Crippen LogP contribution is -2.53. The van der Waals surface area contributed by atoms with E-state index in [1.807, 2.05) is 0 Å². The second-order valence-electron chi connectivity index (χ2n) is 8.40. The van der Waals surface area contributed by atoms with Gasteiger partial charge in [-0.3, -0.25) is 9.59 Å². The topological polar surface area (TPSA) is 66.7 Å². The van der Waals surface area contributed by atoms with Gasteiger partial charge in [-0.2, -0.15) is 0 Å². The van der Waals surface area contributed by atoms with Crippen molar-refractivity contribution in [2.75, 3.05) is 0 Å². The fourth-order valence-corrected chi connectivity index (χ4v) is 6.35. The largest absolute Gasteiger partial charge is 0.411 e. The van der Waals surface area contributed by atoms with E-state index in [2.05, 4.69) is 19.0 Å². The summed E-state index contributed by atoms with van der Waals surface area (Å²) in [5.41, 5.74) is 1.36. The Labute approximate surface area is 137 Å². The molecule has 3 saturated carbocycles. The van der Waals surface area contributed by atoms with Crippen molar-refractivity contribution in [2.45, 2.75) is 58.8 Å². The number of fused-ring (bicyclic) bond motifs is 5. The minimum absolute atomic E-state index is 0.0559. The van der Waals surface area contributed by atoms with E-state index in [0.717, 1.165) is 44.1 Å². The first kappa shape index (κ1) is 15.1.